The van der Waals surface area contributed by atoms with Crippen LogP contribution in [0.4, 0.5) is 5.69 Å². The molecule has 1 atom stereocenters. The summed E-state index contributed by atoms with van der Waals surface area (Å²) in [5, 5.41) is 4.31. The van der Waals surface area contributed by atoms with Gasteiger partial charge in [0.05, 0.1) is 19.3 Å². The largest absolute Gasteiger partial charge is 0.495 e. The van der Waals surface area contributed by atoms with Gasteiger partial charge in [0.25, 0.3) is 5.91 Å². The smallest absolute Gasteiger partial charge is 0.276 e. The molecule has 0 bridgehead atoms. The number of nitrogens with zero attached hydrogens (tertiary/aromatic N) is 2. The lowest BCUT2D eigenvalue weighted by Crippen LogP contribution is -2.65. The highest BCUT2D eigenvalue weighted by atomic mass is 16.5. The number of ether oxygens (including phenoxy) is 1. The van der Waals surface area contributed by atoms with Gasteiger partial charge < -0.3 is 14.6 Å². The third-order valence-corrected chi connectivity index (χ3v) is 7.20. The SMILES string of the molecule is COc1ccccc1N1C(=O)c2cc3ccccc3n2C[C@@]1(C)C(=O)NC1CCCCCC1. The van der Waals surface area contributed by atoms with Crippen molar-refractivity contribution in [2.45, 2.75) is 63.6 Å². The number of methoxy groups -OCH3 is 1. The summed E-state index contributed by atoms with van der Waals surface area (Å²) in [4.78, 5) is 29.6. The minimum Gasteiger partial charge on any atom is -0.495 e. The molecule has 0 radical (unpaired) electrons. The van der Waals surface area contributed by atoms with E-state index in [2.05, 4.69) is 5.32 Å². The van der Waals surface area contributed by atoms with Crippen molar-refractivity contribution in [3.05, 3.63) is 60.3 Å². The maximum Gasteiger partial charge on any atom is 0.276 e. The second-order valence-corrected chi connectivity index (χ2v) is 9.42. The van der Waals surface area contributed by atoms with Crippen LogP contribution in [0.2, 0.25) is 0 Å². The summed E-state index contributed by atoms with van der Waals surface area (Å²) in [6.07, 6.45) is 6.67. The number of amides is 2. The summed E-state index contributed by atoms with van der Waals surface area (Å²) < 4.78 is 7.60. The Hall–Kier alpha value is -3.28. The molecule has 2 amide bonds. The summed E-state index contributed by atoms with van der Waals surface area (Å²) in [6.45, 7) is 2.25. The normalized spacial score (nSPS) is 21.5. The van der Waals surface area contributed by atoms with E-state index in [1.54, 1.807) is 12.0 Å². The van der Waals surface area contributed by atoms with Gasteiger partial charge in [-0.3, -0.25) is 14.5 Å². The van der Waals surface area contributed by atoms with E-state index in [4.69, 9.17) is 4.74 Å². The summed E-state index contributed by atoms with van der Waals surface area (Å²) in [7, 11) is 1.59. The zero-order chi connectivity index (χ0) is 23.0. The van der Waals surface area contributed by atoms with Crippen molar-refractivity contribution in [3.8, 4) is 5.75 Å². The molecule has 3 aromatic rings. The Morgan fingerprint density at radius 3 is 2.48 bits per heavy atom. The number of carbonyl (C=O) groups is 2. The Morgan fingerprint density at radius 2 is 1.73 bits per heavy atom. The number of fused-ring (bicyclic) bond motifs is 3. The fraction of sp³-hybridized carbons (Fsp3) is 0.407. The van der Waals surface area contributed by atoms with Crippen molar-refractivity contribution < 1.29 is 14.3 Å². The van der Waals surface area contributed by atoms with Gasteiger partial charge in [0.1, 0.15) is 17.0 Å². The number of aromatic nitrogens is 1. The van der Waals surface area contributed by atoms with Crippen molar-refractivity contribution in [3.63, 3.8) is 0 Å². The predicted octanol–water partition coefficient (Wildman–Crippen LogP) is 4.91. The van der Waals surface area contributed by atoms with Crippen LogP contribution in [0.1, 0.15) is 55.9 Å². The number of nitrogens with one attached hydrogen (secondary N) is 1. The van der Waals surface area contributed by atoms with Crippen LogP contribution in [-0.2, 0) is 11.3 Å². The van der Waals surface area contributed by atoms with E-state index in [-0.39, 0.29) is 17.9 Å². The highest BCUT2D eigenvalue weighted by Crippen LogP contribution is 2.40. The summed E-state index contributed by atoms with van der Waals surface area (Å²) in [5.41, 5.74) is 1.06. The highest BCUT2D eigenvalue weighted by molar-refractivity contribution is 6.14. The molecule has 1 aromatic heterocycles. The molecule has 0 saturated heterocycles. The van der Waals surface area contributed by atoms with Gasteiger partial charge in [-0.2, -0.15) is 0 Å². The van der Waals surface area contributed by atoms with Crippen LogP contribution in [0.15, 0.2) is 54.6 Å². The van der Waals surface area contributed by atoms with Crippen LogP contribution in [0, 0.1) is 0 Å². The predicted molar refractivity (Wildman–Crippen MR) is 130 cm³/mol. The topological polar surface area (TPSA) is 63.6 Å². The van der Waals surface area contributed by atoms with E-state index in [0.29, 0.717) is 23.7 Å². The third kappa shape index (κ3) is 3.67. The minimum atomic E-state index is -1.10. The summed E-state index contributed by atoms with van der Waals surface area (Å²) in [6, 6.07) is 17.4. The Morgan fingerprint density at radius 1 is 1.03 bits per heavy atom. The lowest BCUT2D eigenvalue weighted by Gasteiger charge is -2.44. The van der Waals surface area contributed by atoms with Gasteiger partial charge in [0, 0.05) is 16.9 Å². The van der Waals surface area contributed by atoms with E-state index in [1.807, 2.05) is 66.1 Å². The molecular formula is C27H31N3O3. The Bertz CT molecular complexity index is 1190. The van der Waals surface area contributed by atoms with E-state index in [9.17, 15) is 9.59 Å². The summed E-state index contributed by atoms with van der Waals surface area (Å²) >= 11 is 0. The highest BCUT2D eigenvalue weighted by Gasteiger charge is 2.49. The number of benzene rings is 2. The number of hydrogen-bond donors (Lipinski definition) is 1. The monoisotopic (exact) mass is 445 g/mol. The molecule has 0 spiro atoms. The molecule has 2 aliphatic rings. The minimum absolute atomic E-state index is 0.114. The first-order valence-corrected chi connectivity index (χ1v) is 11.9. The maximum atomic E-state index is 14.0. The molecule has 1 aliphatic carbocycles. The van der Waals surface area contributed by atoms with E-state index in [1.165, 1.54) is 12.8 Å². The van der Waals surface area contributed by atoms with Gasteiger partial charge in [-0.25, -0.2) is 0 Å². The number of hydrogen-bond acceptors (Lipinski definition) is 3. The first kappa shape index (κ1) is 21.6. The molecule has 172 valence electrons. The van der Waals surface area contributed by atoms with Crippen LogP contribution in [0.3, 0.4) is 0 Å². The molecule has 1 aliphatic heterocycles. The first-order chi connectivity index (χ1) is 16.0. The van der Waals surface area contributed by atoms with Crippen molar-refractivity contribution in [1.82, 2.24) is 9.88 Å². The lowest BCUT2D eigenvalue weighted by atomic mass is 9.92. The Labute approximate surface area is 194 Å². The molecule has 1 fully saturated rings. The second kappa shape index (κ2) is 8.58. The van der Waals surface area contributed by atoms with Gasteiger partial charge >= 0.3 is 0 Å². The quantitative estimate of drug-likeness (QED) is 0.581. The van der Waals surface area contributed by atoms with Crippen LogP contribution >= 0.6 is 0 Å². The maximum absolute atomic E-state index is 14.0. The van der Waals surface area contributed by atoms with Crippen molar-refractivity contribution in [2.24, 2.45) is 0 Å². The Balaban J connectivity index is 1.62. The third-order valence-electron chi connectivity index (χ3n) is 7.20. The van der Waals surface area contributed by atoms with Gasteiger partial charge in [-0.05, 0) is 44.0 Å². The van der Waals surface area contributed by atoms with Crippen LogP contribution in [0.5, 0.6) is 5.75 Å². The average molecular weight is 446 g/mol. The van der Waals surface area contributed by atoms with Crippen LogP contribution < -0.4 is 15.0 Å². The van der Waals surface area contributed by atoms with Crippen molar-refractivity contribution in [1.29, 1.82) is 0 Å². The molecule has 33 heavy (non-hydrogen) atoms. The zero-order valence-corrected chi connectivity index (χ0v) is 19.3. The molecule has 1 N–H and O–H groups in total. The molecule has 6 heteroatoms. The second-order valence-electron chi connectivity index (χ2n) is 9.42. The molecule has 5 rings (SSSR count). The van der Waals surface area contributed by atoms with E-state index in [0.717, 1.165) is 36.6 Å². The number of rotatable bonds is 4. The fourth-order valence-electron chi connectivity index (χ4n) is 5.40. The standard InChI is InChI=1S/C27H31N3O3/c1-27(26(32)28-20-12-5-3-4-6-13-20)18-29-21-14-8-7-11-19(21)17-23(29)25(31)30(27)22-15-9-10-16-24(22)33-2/h7-11,14-17,20H,3-6,12-13,18H2,1-2H3,(H,28,32)/t27-/m0/s1. The van der Waals surface area contributed by atoms with Crippen LogP contribution in [0.25, 0.3) is 10.9 Å². The van der Waals surface area contributed by atoms with Crippen LogP contribution in [-0.4, -0.2) is 35.1 Å². The van der Waals surface area contributed by atoms with Crippen molar-refractivity contribution >= 4 is 28.4 Å². The zero-order valence-electron chi connectivity index (χ0n) is 19.3. The van der Waals surface area contributed by atoms with E-state index >= 15 is 0 Å². The van der Waals surface area contributed by atoms with Gasteiger partial charge in [0.2, 0.25) is 5.91 Å². The molecular weight excluding hydrogens is 414 g/mol. The molecule has 2 heterocycles. The number of para-hydroxylation sites is 3. The van der Waals surface area contributed by atoms with Gasteiger partial charge in [0.15, 0.2) is 0 Å². The first-order valence-electron chi connectivity index (χ1n) is 11.9. The van der Waals surface area contributed by atoms with Gasteiger partial charge in [-0.15, -0.1) is 0 Å². The Kier molecular flexibility index (Phi) is 5.60. The summed E-state index contributed by atoms with van der Waals surface area (Å²) in [5.74, 6) is 0.265. The lowest BCUT2D eigenvalue weighted by molar-refractivity contribution is -0.127. The molecule has 2 aromatic carbocycles. The van der Waals surface area contributed by atoms with E-state index < -0.39 is 5.54 Å². The molecule has 1 saturated carbocycles. The van der Waals surface area contributed by atoms with Crippen molar-refractivity contribution in [2.75, 3.05) is 12.0 Å². The molecule has 6 nitrogen and oxygen atoms in total. The molecule has 0 unspecified atom stereocenters. The van der Waals surface area contributed by atoms with Gasteiger partial charge in [-0.1, -0.05) is 56.0 Å². The fourth-order valence-corrected chi connectivity index (χ4v) is 5.40. The number of anilines is 1. The number of carbonyl (C=O) groups excluding carboxylic acids is 2. The average Bonchev–Trinajstić information content (AvgIpc) is 2.99.